The van der Waals surface area contributed by atoms with E-state index >= 15 is 0 Å². The number of anilines is 1. The summed E-state index contributed by atoms with van der Waals surface area (Å²) in [7, 11) is 2.57. The SMILES string of the molecule is COC(=O)[C@H]1O[C@H]2C[C@@H]3O[C@@H](n4cnc5c(N)ncnc54)[C@H](OC)[C@H]3O[C@]2(O)[C@@H](OC(=O)C(C)C)[C@@H]1O. The van der Waals surface area contributed by atoms with E-state index in [1.54, 1.807) is 18.4 Å². The first-order chi connectivity index (χ1) is 17.6. The molecule has 4 N–H and O–H groups in total. The molecule has 3 aliphatic heterocycles. The molecule has 5 rings (SSSR count). The molecule has 0 radical (unpaired) electrons. The van der Waals surface area contributed by atoms with Gasteiger partial charge in [-0.2, -0.15) is 0 Å². The highest BCUT2D eigenvalue weighted by Crippen LogP contribution is 2.47. The monoisotopic (exact) mass is 523 g/mol. The van der Waals surface area contributed by atoms with E-state index in [4.69, 9.17) is 34.2 Å². The first-order valence-corrected chi connectivity index (χ1v) is 11.7. The number of nitrogens with zero attached hydrogens (tertiary/aromatic N) is 4. The van der Waals surface area contributed by atoms with Gasteiger partial charge in [0.2, 0.25) is 5.79 Å². The van der Waals surface area contributed by atoms with Crippen LogP contribution in [0.4, 0.5) is 5.82 Å². The third-order valence-corrected chi connectivity index (χ3v) is 6.94. The maximum Gasteiger partial charge on any atom is 0.337 e. The molecule has 3 saturated heterocycles. The number of nitrogens with two attached hydrogens (primary N) is 1. The summed E-state index contributed by atoms with van der Waals surface area (Å²) in [4.78, 5) is 37.3. The average molecular weight is 523 g/mol. The molecule has 0 spiro atoms. The molecule has 3 aliphatic rings. The number of esters is 2. The lowest BCUT2D eigenvalue weighted by atomic mass is 9.84. The molecule has 15 heteroatoms. The highest BCUT2D eigenvalue weighted by Gasteiger charge is 2.67. The first kappa shape index (κ1) is 25.7. The second kappa shape index (κ2) is 9.41. The van der Waals surface area contributed by atoms with Crippen LogP contribution < -0.4 is 5.73 Å². The number of rotatable bonds is 5. The van der Waals surface area contributed by atoms with Crippen molar-refractivity contribution in [2.24, 2.45) is 5.92 Å². The summed E-state index contributed by atoms with van der Waals surface area (Å²) in [5.74, 6) is -4.33. The lowest BCUT2D eigenvalue weighted by molar-refractivity contribution is -0.397. The van der Waals surface area contributed by atoms with E-state index in [2.05, 4.69) is 15.0 Å². The number of hydrogen-bond donors (Lipinski definition) is 3. The largest absolute Gasteiger partial charge is 0.467 e. The zero-order valence-electron chi connectivity index (χ0n) is 20.6. The Morgan fingerprint density at radius 1 is 1.24 bits per heavy atom. The molecule has 0 saturated carbocycles. The third-order valence-electron chi connectivity index (χ3n) is 6.94. The van der Waals surface area contributed by atoms with Gasteiger partial charge in [-0.05, 0) is 0 Å². The van der Waals surface area contributed by atoms with Gasteiger partial charge in [0, 0.05) is 13.5 Å². The normalized spacial score (nSPS) is 37.3. The van der Waals surface area contributed by atoms with Crippen LogP contribution in [0.3, 0.4) is 0 Å². The lowest BCUT2D eigenvalue weighted by Gasteiger charge is -2.52. The highest BCUT2D eigenvalue weighted by atomic mass is 16.7. The van der Waals surface area contributed by atoms with E-state index in [1.807, 2.05) is 0 Å². The third kappa shape index (κ3) is 4.02. The fourth-order valence-corrected chi connectivity index (χ4v) is 5.04. The van der Waals surface area contributed by atoms with E-state index in [0.717, 1.165) is 7.11 Å². The molecule has 202 valence electrons. The number of methoxy groups -OCH3 is 2. The van der Waals surface area contributed by atoms with Crippen LogP contribution in [0.5, 0.6) is 0 Å². The second-order valence-corrected chi connectivity index (χ2v) is 9.49. The van der Waals surface area contributed by atoms with Gasteiger partial charge >= 0.3 is 11.9 Å². The maximum atomic E-state index is 12.5. The number of fused-ring (bicyclic) bond motifs is 3. The Bertz CT molecular complexity index is 1190. The molecule has 37 heavy (non-hydrogen) atoms. The van der Waals surface area contributed by atoms with Crippen molar-refractivity contribution < 1.29 is 48.2 Å². The van der Waals surface area contributed by atoms with Crippen molar-refractivity contribution in [1.82, 2.24) is 19.5 Å². The van der Waals surface area contributed by atoms with Crippen LogP contribution in [-0.4, -0.2) is 104 Å². The smallest absolute Gasteiger partial charge is 0.337 e. The van der Waals surface area contributed by atoms with Gasteiger partial charge in [0.15, 0.2) is 29.9 Å². The Morgan fingerprint density at radius 3 is 2.68 bits per heavy atom. The van der Waals surface area contributed by atoms with Crippen molar-refractivity contribution in [3.8, 4) is 0 Å². The number of aromatic nitrogens is 4. The topological polar surface area (TPSA) is 200 Å². The van der Waals surface area contributed by atoms with E-state index in [9.17, 15) is 19.8 Å². The van der Waals surface area contributed by atoms with E-state index in [1.165, 1.54) is 19.8 Å². The Labute approximate surface area is 210 Å². The summed E-state index contributed by atoms with van der Waals surface area (Å²) in [6.07, 6.45) is -6.58. The number of nitrogen functional groups attached to an aromatic ring is 1. The van der Waals surface area contributed by atoms with Crippen LogP contribution >= 0.6 is 0 Å². The van der Waals surface area contributed by atoms with Crippen molar-refractivity contribution >= 4 is 28.9 Å². The number of carbonyl (C=O) groups excluding carboxylic acids is 2. The van der Waals surface area contributed by atoms with Gasteiger partial charge in [0.1, 0.15) is 36.3 Å². The van der Waals surface area contributed by atoms with Crippen molar-refractivity contribution in [3.05, 3.63) is 12.7 Å². The predicted molar refractivity (Wildman–Crippen MR) is 120 cm³/mol. The van der Waals surface area contributed by atoms with Crippen molar-refractivity contribution in [2.75, 3.05) is 20.0 Å². The molecule has 3 fully saturated rings. The average Bonchev–Trinajstić information content (AvgIpc) is 3.45. The number of imidazole rings is 1. The molecule has 0 amide bonds. The Balaban J connectivity index is 1.50. The lowest BCUT2D eigenvalue weighted by Crippen LogP contribution is -2.73. The van der Waals surface area contributed by atoms with Gasteiger partial charge in [-0.15, -0.1) is 0 Å². The first-order valence-electron chi connectivity index (χ1n) is 11.7. The summed E-state index contributed by atoms with van der Waals surface area (Å²) >= 11 is 0. The minimum Gasteiger partial charge on any atom is -0.467 e. The highest BCUT2D eigenvalue weighted by molar-refractivity contribution is 5.81. The fourth-order valence-electron chi connectivity index (χ4n) is 5.04. The van der Waals surface area contributed by atoms with Crippen LogP contribution in [0, 0.1) is 5.92 Å². The van der Waals surface area contributed by atoms with Gasteiger partial charge in [-0.3, -0.25) is 9.36 Å². The quantitative estimate of drug-likeness (QED) is 0.389. The standard InChI is InChI=1S/C22H29N5O10/c1-8(2)20(29)36-16-12(28)14(21(30)33-4)35-10-5-9-13(37-22(10,16)31)15(32-3)19(34-9)27-7-26-11-17(23)24-6-25-18(11)27/h6-10,12-16,19,28,31H,5H2,1-4H3,(H2,23,24,25)/t9-,10-,12+,13-,14-,15+,16-,19+,22-/m0/s1. The van der Waals surface area contributed by atoms with Gasteiger partial charge in [0.05, 0.1) is 25.5 Å². The summed E-state index contributed by atoms with van der Waals surface area (Å²) < 4.78 is 35.6. The van der Waals surface area contributed by atoms with E-state index in [-0.39, 0.29) is 12.2 Å². The number of carbonyl (C=O) groups is 2. The zero-order valence-corrected chi connectivity index (χ0v) is 20.6. The predicted octanol–water partition coefficient (Wildman–Crippen LogP) is -1.33. The minimum atomic E-state index is -2.33. The number of aliphatic hydroxyl groups is 2. The van der Waals surface area contributed by atoms with Crippen LogP contribution in [0.1, 0.15) is 26.5 Å². The van der Waals surface area contributed by atoms with Crippen LogP contribution in [0.15, 0.2) is 12.7 Å². The molecular formula is C22H29N5O10. The molecule has 9 atom stereocenters. The Hall–Kier alpha value is -2.95. The molecule has 2 aromatic rings. The van der Waals surface area contributed by atoms with Crippen LogP contribution in [0.25, 0.3) is 11.2 Å². The molecule has 0 unspecified atom stereocenters. The molecular weight excluding hydrogens is 494 g/mol. The van der Waals surface area contributed by atoms with E-state index < -0.39 is 72.6 Å². The number of ether oxygens (including phenoxy) is 6. The van der Waals surface area contributed by atoms with Crippen molar-refractivity contribution in [2.45, 2.75) is 75.0 Å². The van der Waals surface area contributed by atoms with Crippen LogP contribution in [0.2, 0.25) is 0 Å². The van der Waals surface area contributed by atoms with Crippen LogP contribution in [-0.2, 0) is 38.0 Å². The Kier molecular flexibility index (Phi) is 6.54. The molecule has 0 aromatic carbocycles. The van der Waals surface area contributed by atoms with Crippen molar-refractivity contribution in [3.63, 3.8) is 0 Å². The van der Waals surface area contributed by atoms with Gasteiger partial charge in [0.25, 0.3) is 0 Å². The summed E-state index contributed by atoms with van der Waals surface area (Å²) in [5.41, 5.74) is 6.68. The van der Waals surface area contributed by atoms with Crippen molar-refractivity contribution in [1.29, 1.82) is 0 Å². The molecule has 2 aromatic heterocycles. The Morgan fingerprint density at radius 2 is 2.00 bits per heavy atom. The van der Waals surface area contributed by atoms with Gasteiger partial charge in [-0.25, -0.2) is 19.7 Å². The summed E-state index contributed by atoms with van der Waals surface area (Å²) in [6, 6.07) is 0. The maximum absolute atomic E-state index is 12.5. The summed E-state index contributed by atoms with van der Waals surface area (Å²) in [5, 5.41) is 22.6. The number of aliphatic hydroxyl groups excluding tert-OH is 1. The zero-order chi connectivity index (χ0) is 26.6. The van der Waals surface area contributed by atoms with Gasteiger partial charge < -0.3 is 44.4 Å². The minimum absolute atomic E-state index is 0.0111. The van der Waals surface area contributed by atoms with Gasteiger partial charge in [-0.1, -0.05) is 13.8 Å². The molecule has 5 heterocycles. The molecule has 15 nitrogen and oxygen atoms in total. The molecule has 0 bridgehead atoms. The fraction of sp³-hybridized carbons (Fsp3) is 0.682. The summed E-state index contributed by atoms with van der Waals surface area (Å²) in [6.45, 7) is 3.18. The number of hydrogen-bond acceptors (Lipinski definition) is 14. The second-order valence-electron chi connectivity index (χ2n) is 9.49. The van der Waals surface area contributed by atoms with E-state index in [0.29, 0.717) is 11.2 Å². The molecule has 0 aliphatic carbocycles.